The Labute approximate surface area is 155 Å². The van der Waals surface area contributed by atoms with Crippen LogP contribution >= 0.6 is 11.3 Å². The van der Waals surface area contributed by atoms with Gasteiger partial charge in [-0.25, -0.2) is 4.98 Å². The Morgan fingerprint density at radius 3 is 2.77 bits per heavy atom. The minimum atomic E-state index is -0.359. The summed E-state index contributed by atoms with van der Waals surface area (Å²) >= 11 is 1.28. The van der Waals surface area contributed by atoms with Gasteiger partial charge in [0.2, 0.25) is 11.8 Å². The van der Waals surface area contributed by atoms with Crippen molar-refractivity contribution in [3.8, 4) is 0 Å². The molecule has 0 spiro atoms. The van der Waals surface area contributed by atoms with Crippen molar-refractivity contribution >= 4 is 34.2 Å². The molecule has 1 saturated heterocycles. The zero-order valence-electron chi connectivity index (χ0n) is 14.2. The van der Waals surface area contributed by atoms with E-state index >= 15 is 0 Å². The molecule has 1 aliphatic heterocycles. The Hall–Kier alpha value is -2.74. The second-order valence-corrected chi connectivity index (χ2v) is 7.08. The van der Waals surface area contributed by atoms with Gasteiger partial charge in [-0.2, -0.15) is 0 Å². The minimum absolute atomic E-state index is 0.0813. The van der Waals surface area contributed by atoms with Crippen LogP contribution < -0.4 is 11.1 Å². The molecule has 1 aromatic carbocycles. The lowest BCUT2D eigenvalue weighted by Gasteiger charge is -2.31. The number of hydrogen-bond acceptors (Lipinski definition) is 5. The SMILES string of the molecule is NC(=O)C1CCCN(C(=O)Cc2csc(NC(=O)c3ccccc3)n2)C1. The zero-order valence-corrected chi connectivity index (χ0v) is 15.0. The predicted octanol–water partition coefficient (Wildman–Crippen LogP) is 1.66. The highest BCUT2D eigenvalue weighted by atomic mass is 32.1. The molecule has 2 heterocycles. The number of anilines is 1. The Balaban J connectivity index is 1.57. The lowest BCUT2D eigenvalue weighted by molar-refractivity contribution is -0.134. The summed E-state index contributed by atoms with van der Waals surface area (Å²) in [4.78, 5) is 41.9. The van der Waals surface area contributed by atoms with Gasteiger partial charge in [0, 0.05) is 24.0 Å². The molecule has 0 radical (unpaired) electrons. The van der Waals surface area contributed by atoms with Crippen molar-refractivity contribution in [1.82, 2.24) is 9.88 Å². The molecule has 8 heteroatoms. The minimum Gasteiger partial charge on any atom is -0.369 e. The number of rotatable bonds is 5. The fourth-order valence-corrected chi connectivity index (χ4v) is 3.61. The smallest absolute Gasteiger partial charge is 0.257 e. The first kappa shape index (κ1) is 18.1. The molecule has 0 saturated carbocycles. The van der Waals surface area contributed by atoms with E-state index in [1.165, 1.54) is 11.3 Å². The maximum atomic E-state index is 12.4. The molecule has 0 aliphatic carbocycles. The number of primary amides is 1. The van der Waals surface area contributed by atoms with Crippen molar-refractivity contribution in [3.63, 3.8) is 0 Å². The van der Waals surface area contributed by atoms with E-state index in [4.69, 9.17) is 5.73 Å². The number of carbonyl (C=O) groups excluding carboxylic acids is 3. The first-order chi connectivity index (χ1) is 12.5. The quantitative estimate of drug-likeness (QED) is 0.832. The van der Waals surface area contributed by atoms with Gasteiger partial charge in [0.25, 0.3) is 5.91 Å². The van der Waals surface area contributed by atoms with Crippen molar-refractivity contribution < 1.29 is 14.4 Å². The van der Waals surface area contributed by atoms with Crippen molar-refractivity contribution in [2.75, 3.05) is 18.4 Å². The van der Waals surface area contributed by atoms with E-state index in [0.29, 0.717) is 29.5 Å². The van der Waals surface area contributed by atoms with Crippen LogP contribution in [0.2, 0.25) is 0 Å². The monoisotopic (exact) mass is 372 g/mol. The van der Waals surface area contributed by atoms with Gasteiger partial charge in [-0.1, -0.05) is 18.2 Å². The fraction of sp³-hybridized carbons (Fsp3) is 0.333. The third-order valence-corrected chi connectivity index (χ3v) is 5.12. The van der Waals surface area contributed by atoms with Gasteiger partial charge in [-0.05, 0) is 25.0 Å². The molecule has 1 atom stereocenters. The van der Waals surface area contributed by atoms with Crippen LogP contribution in [0.25, 0.3) is 0 Å². The van der Waals surface area contributed by atoms with E-state index in [0.717, 1.165) is 12.8 Å². The average molecular weight is 372 g/mol. The molecule has 3 N–H and O–H groups in total. The van der Waals surface area contributed by atoms with Gasteiger partial charge in [0.1, 0.15) is 0 Å². The van der Waals surface area contributed by atoms with Crippen LogP contribution in [-0.4, -0.2) is 40.7 Å². The number of piperidine rings is 1. The summed E-state index contributed by atoms with van der Waals surface area (Å²) < 4.78 is 0. The van der Waals surface area contributed by atoms with E-state index in [1.807, 2.05) is 6.07 Å². The van der Waals surface area contributed by atoms with Crippen LogP contribution in [0.1, 0.15) is 28.9 Å². The third-order valence-electron chi connectivity index (χ3n) is 4.32. The van der Waals surface area contributed by atoms with Crippen LogP contribution in [0.3, 0.4) is 0 Å². The first-order valence-electron chi connectivity index (χ1n) is 8.41. The number of benzene rings is 1. The van der Waals surface area contributed by atoms with Crippen molar-refractivity contribution in [1.29, 1.82) is 0 Å². The molecular formula is C18H20N4O3S. The maximum absolute atomic E-state index is 12.4. The number of carbonyl (C=O) groups is 3. The number of nitrogens with one attached hydrogen (secondary N) is 1. The molecule has 1 unspecified atom stereocenters. The van der Waals surface area contributed by atoms with E-state index in [1.54, 1.807) is 34.5 Å². The molecule has 26 heavy (non-hydrogen) atoms. The number of likely N-dealkylation sites (tertiary alicyclic amines) is 1. The molecular weight excluding hydrogens is 352 g/mol. The van der Waals surface area contributed by atoms with Gasteiger partial charge >= 0.3 is 0 Å². The first-order valence-corrected chi connectivity index (χ1v) is 9.29. The van der Waals surface area contributed by atoms with Crippen LogP contribution in [0.15, 0.2) is 35.7 Å². The highest BCUT2D eigenvalue weighted by Gasteiger charge is 2.27. The summed E-state index contributed by atoms with van der Waals surface area (Å²) in [6.07, 6.45) is 1.64. The Bertz CT molecular complexity index is 806. The topological polar surface area (TPSA) is 105 Å². The number of nitrogens with zero attached hydrogens (tertiary/aromatic N) is 2. The Kier molecular flexibility index (Phi) is 5.62. The van der Waals surface area contributed by atoms with Crippen molar-refractivity contribution in [2.45, 2.75) is 19.3 Å². The second kappa shape index (κ2) is 8.09. The molecule has 0 bridgehead atoms. The number of hydrogen-bond donors (Lipinski definition) is 2. The summed E-state index contributed by atoms with van der Waals surface area (Å²) in [5.41, 5.74) is 6.50. The van der Waals surface area contributed by atoms with Crippen LogP contribution in [0.5, 0.6) is 0 Å². The lowest BCUT2D eigenvalue weighted by atomic mass is 9.97. The fourth-order valence-electron chi connectivity index (χ4n) is 2.91. The highest BCUT2D eigenvalue weighted by molar-refractivity contribution is 7.14. The highest BCUT2D eigenvalue weighted by Crippen LogP contribution is 2.20. The number of amides is 3. The summed E-state index contributed by atoms with van der Waals surface area (Å²) in [7, 11) is 0. The van der Waals surface area contributed by atoms with Gasteiger partial charge in [-0.3, -0.25) is 19.7 Å². The van der Waals surface area contributed by atoms with Gasteiger partial charge in [0.15, 0.2) is 5.13 Å². The molecule has 3 amide bonds. The summed E-state index contributed by atoms with van der Waals surface area (Å²) in [6.45, 7) is 1.00. The van der Waals surface area contributed by atoms with Gasteiger partial charge in [-0.15, -0.1) is 11.3 Å². The number of aromatic nitrogens is 1. The second-order valence-electron chi connectivity index (χ2n) is 6.22. The van der Waals surface area contributed by atoms with Crippen molar-refractivity contribution in [2.24, 2.45) is 11.7 Å². The lowest BCUT2D eigenvalue weighted by Crippen LogP contribution is -2.44. The molecule has 136 valence electrons. The molecule has 1 fully saturated rings. The number of thiazole rings is 1. The van der Waals surface area contributed by atoms with Crippen LogP contribution in [0.4, 0.5) is 5.13 Å². The van der Waals surface area contributed by atoms with Gasteiger partial charge < -0.3 is 10.6 Å². The average Bonchev–Trinajstić information content (AvgIpc) is 3.09. The largest absolute Gasteiger partial charge is 0.369 e. The number of nitrogens with two attached hydrogens (primary N) is 1. The predicted molar refractivity (Wildman–Crippen MR) is 98.7 cm³/mol. The standard InChI is InChI=1S/C18H20N4O3S/c19-16(24)13-7-4-8-22(10-13)15(23)9-14-11-26-18(20-14)21-17(25)12-5-2-1-3-6-12/h1-3,5-6,11,13H,4,7-10H2,(H2,19,24)(H,20,21,25). The Morgan fingerprint density at radius 1 is 1.27 bits per heavy atom. The van der Waals surface area contributed by atoms with Crippen LogP contribution in [0, 0.1) is 5.92 Å². The van der Waals surface area contributed by atoms with E-state index in [9.17, 15) is 14.4 Å². The summed E-state index contributed by atoms with van der Waals surface area (Å²) in [5, 5.41) is 4.95. The molecule has 3 rings (SSSR count). The Morgan fingerprint density at radius 2 is 2.04 bits per heavy atom. The zero-order chi connectivity index (χ0) is 18.5. The van der Waals surface area contributed by atoms with Gasteiger partial charge in [0.05, 0.1) is 18.0 Å². The van der Waals surface area contributed by atoms with E-state index in [2.05, 4.69) is 10.3 Å². The van der Waals surface area contributed by atoms with Crippen LogP contribution in [-0.2, 0) is 16.0 Å². The maximum Gasteiger partial charge on any atom is 0.257 e. The molecule has 1 aromatic heterocycles. The molecule has 7 nitrogen and oxygen atoms in total. The molecule has 1 aliphatic rings. The van der Waals surface area contributed by atoms with Crippen molar-refractivity contribution in [3.05, 3.63) is 47.0 Å². The third kappa shape index (κ3) is 4.45. The van der Waals surface area contributed by atoms with E-state index < -0.39 is 0 Å². The van der Waals surface area contributed by atoms with E-state index in [-0.39, 0.29) is 30.1 Å². The summed E-state index contributed by atoms with van der Waals surface area (Å²) in [5.74, 6) is -0.953. The normalized spacial score (nSPS) is 16.9. The molecule has 2 aromatic rings. The summed E-state index contributed by atoms with van der Waals surface area (Å²) in [6, 6.07) is 8.86.